The van der Waals surface area contributed by atoms with Crippen LogP contribution in [-0.2, 0) is 0 Å². The van der Waals surface area contributed by atoms with Crippen molar-refractivity contribution in [2.75, 3.05) is 26.2 Å². The minimum atomic E-state index is -1.18. The molecule has 0 radical (unpaired) electrons. The fourth-order valence-electron chi connectivity index (χ4n) is 6.22. The molecular weight excluding hydrogens is 530 g/mol. The van der Waals surface area contributed by atoms with Gasteiger partial charge >= 0.3 is 5.97 Å². The molecule has 1 rings (SSSR count). The van der Waals surface area contributed by atoms with E-state index < -0.39 is 11.7 Å². The summed E-state index contributed by atoms with van der Waals surface area (Å²) in [6.45, 7) is 15.3. The van der Waals surface area contributed by atoms with E-state index in [-0.39, 0.29) is 5.56 Å². The highest BCUT2D eigenvalue weighted by Gasteiger charge is 2.25. The van der Waals surface area contributed by atoms with Gasteiger partial charge in [-0.3, -0.25) is 0 Å². The van der Waals surface area contributed by atoms with Gasteiger partial charge in [-0.1, -0.05) is 154 Å². The van der Waals surface area contributed by atoms with Crippen LogP contribution < -0.4 is 5.11 Å². The van der Waals surface area contributed by atoms with Crippen LogP contribution in [-0.4, -0.2) is 41.7 Å². The molecule has 0 aliphatic rings. The second-order valence-corrected chi connectivity index (χ2v) is 13.1. The number of carbonyl (C=O) groups is 1. The number of nitrogens with zero attached hydrogens (tertiary/aromatic N) is 1. The number of carboxylic acid groups (broad SMARTS) is 1. The van der Waals surface area contributed by atoms with Crippen molar-refractivity contribution in [3.8, 4) is 5.75 Å². The van der Waals surface area contributed by atoms with E-state index in [1.165, 1.54) is 209 Å². The van der Waals surface area contributed by atoms with Crippen molar-refractivity contribution in [1.82, 2.24) is 0 Å². The second kappa shape index (κ2) is 30.5. The van der Waals surface area contributed by atoms with Gasteiger partial charge in [0.1, 0.15) is 0 Å². The summed E-state index contributed by atoms with van der Waals surface area (Å²) >= 11 is 0. The van der Waals surface area contributed by atoms with Gasteiger partial charge in [-0.15, -0.1) is 0 Å². The minimum absolute atomic E-state index is 0.178. The topological polar surface area (TPSA) is 60.4 Å². The third-order valence-corrected chi connectivity index (χ3v) is 9.06. The molecule has 0 saturated carbocycles. The number of carboxylic acids is 1. The molecule has 0 atom stereocenters. The molecule has 1 aromatic rings. The summed E-state index contributed by atoms with van der Waals surface area (Å²) in [6.07, 6.45) is 34.8. The van der Waals surface area contributed by atoms with Crippen LogP contribution in [0.3, 0.4) is 0 Å². The van der Waals surface area contributed by atoms with Gasteiger partial charge in [-0.25, -0.2) is 4.79 Å². The highest BCUT2D eigenvalue weighted by molar-refractivity contribution is 5.90. The van der Waals surface area contributed by atoms with Crippen LogP contribution in [0.5, 0.6) is 5.75 Å². The Balaban J connectivity index is 0.00000147. The molecule has 0 spiro atoms. The zero-order valence-corrected chi connectivity index (χ0v) is 29.3. The summed E-state index contributed by atoms with van der Waals surface area (Å²) in [5.74, 6) is -1.62. The van der Waals surface area contributed by atoms with Crippen LogP contribution >= 0.6 is 0 Å². The van der Waals surface area contributed by atoms with Gasteiger partial charge in [0, 0.05) is 0 Å². The average Bonchev–Trinajstić information content (AvgIpc) is 3.00. The van der Waals surface area contributed by atoms with Gasteiger partial charge in [-0.05, 0) is 57.4 Å². The summed E-state index contributed by atoms with van der Waals surface area (Å²) in [6, 6.07) is 5.54. The van der Waals surface area contributed by atoms with Crippen molar-refractivity contribution in [3.63, 3.8) is 0 Å². The van der Waals surface area contributed by atoms with Gasteiger partial charge in [0.25, 0.3) is 0 Å². The number of hydrogen-bond donors (Lipinski definition) is 1. The fraction of sp³-hybridized carbons (Fsp3) is 0.821. The normalized spacial score (nSPS) is 11.3. The molecule has 0 aliphatic carbocycles. The monoisotopic (exact) mass is 604 g/mol. The van der Waals surface area contributed by atoms with E-state index in [0.29, 0.717) is 0 Å². The number of unbranched alkanes of at least 4 members (excludes halogenated alkanes) is 20. The summed E-state index contributed by atoms with van der Waals surface area (Å²) in [7, 11) is 0. The molecule has 0 saturated heterocycles. The summed E-state index contributed by atoms with van der Waals surface area (Å²) in [5.41, 5.74) is -0.178. The van der Waals surface area contributed by atoms with Gasteiger partial charge in [0.05, 0.1) is 31.7 Å². The Morgan fingerprint density at radius 1 is 0.512 bits per heavy atom. The molecule has 1 aromatic carbocycles. The Kier molecular flexibility index (Phi) is 29.4. The van der Waals surface area contributed by atoms with E-state index in [2.05, 4.69) is 27.7 Å². The van der Waals surface area contributed by atoms with Crippen molar-refractivity contribution in [3.05, 3.63) is 29.8 Å². The van der Waals surface area contributed by atoms with Crippen LogP contribution in [0.2, 0.25) is 0 Å². The Morgan fingerprint density at radius 3 is 1.05 bits per heavy atom. The Morgan fingerprint density at radius 2 is 0.791 bits per heavy atom. The Labute approximate surface area is 268 Å². The number of rotatable bonds is 29. The standard InChI is InChI=1S/C32H68N.C7H6O3/c1-5-9-13-17-21-25-29-33(30-26-22-18-14-10-6-2,31-27-23-19-15-11-7-3)32-28-24-20-16-12-8-4;8-6-4-2-1-3-5(6)7(9)10/h5-32H2,1-4H3;1-4,8H,(H,9,10)/q+1;/p-1. The summed E-state index contributed by atoms with van der Waals surface area (Å²) in [5, 5.41) is 19.0. The largest absolute Gasteiger partial charge is 0.872 e. The molecule has 4 nitrogen and oxygen atoms in total. The smallest absolute Gasteiger partial charge is 0.335 e. The quantitative estimate of drug-likeness (QED) is 0.0732. The van der Waals surface area contributed by atoms with Crippen molar-refractivity contribution in [2.45, 2.75) is 182 Å². The lowest BCUT2D eigenvalue weighted by Gasteiger charge is -2.40. The van der Waals surface area contributed by atoms with Crippen LogP contribution in [0.1, 0.15) is 192 Å². The minimum Gasteiger partial charge on any atom is -0.872 e. The van der Waals surface area contributed by atoms with Crippen molar-refractivity contribution >= 4 is 5.97 Å². The van der Waals surface area contributed by atoms with Gasteiger partial charge in [-0.2, -0.15) is 0 Å². The molecule has 0 amide bonds. The molecule has 0 aromatic heterocycles. The van der Waals surface area contributed by atoms with Crippen LogP contribution in [0.25, 0.3) is 0 Å². The van der Waals surface area contributed by atoms with E-state index in [1.807, 2.05) is 0 Å². The summed E-state index contributed by atoms with van der Waals surface area (Å²) in [4.78, 5) is 10.2. The zero-order valence-electron chi connectivity index (χ0n) is 29.3. The third kappa shape index (κ3) is 24.5. The first-order chi connectivity index (χ1) is 21.0. The van der Waals surface area contributed by atoms with Crippen LogP contribution in [0, 0.1) is 0 Å². The SMILES string of the molecule is CCCCCCCC[N+](CCCCCCCC)(CCCCCCCC)CCCCCCCC.O=C(O)c1ccccc1[O-]. The first-order valence-corrected chi connectivity index (χ1v) is 18.8. The highest BCUT2D eigenvalue weighted by Crippen LogP contribution is 2.21. The van der Waals surface area contributed by atoms with E-state index >= 15 is 0 Å². The van der Waals surface area contributed by atoms with Gasteiger partial charge in [0.2, 0.25) is 0 Å². The van der Waals surface area contributed by atoms with Crippen molar-refractivity contribution in [2.24, 2.45) is 0 Å². The summed E-state index contributed by atoms with van der Waals surface area (Å²) < 4.78 is 1.48. The van der Waals surface area contributed by atoms with E-state index in [9.17, 15) is 9.90 Å². The molecular formula is C39H73NO3. The highest BCUT2D eigenvalue weighted by atomic mass is 16.4. The van der Waals surface area contributed by atoms with Gasteiger partial charge < -0.3 is 14.7 Å². The maximum absolute atomic E-state index is 10.7. The first-order valence-electron chi connectivity index (χ1n) is 18.8. The molecule has 0 bridgehead atoms. The number of para-hydroxylation sites is 1. The maximum Gasteiger partial charge on any atom is 0.335 e. The zero-order chi connectivity index (χ0) is 31.9. The van der Waals surface area contributed by atoms with Crippen LogP contribution in [0.4, 0.5) is 0 Å². The Bertz CT molecular complexity index is 665. The maximum atomic E-state index is 10.7. The number of quaternary nitrogens is 1. The molecule has 252 valence electrons. The number of hydrogen-bond acceptors (Lipinski definition) is 2. The average molecular weight is 604 g/mol. The lowest BCUT2D eigenvalue weighted by molar-refractivity contribution is -0.929. The molecule has 0 fully saturated rings. The first kappa shape index (κ1) is 41.4. The molecule has 0 aliphatic heterocycles. The molecule has 4 heteroatoms. The molecule has 0 unspecified atom stereocenters. The van der Waals surface area contributed by atoms with Crippen LogP contribution in [0.15, 0.2) is 24.3 Å². The number of benzene rings is 1. The number of aromatic carboxylic acids is 1. The lowest BCUT2D eigenvalue weighted by atomic mass is 10.0. The molecule has 43 heavy (non-hydrogen) atoms. The van der Waals surface area contributed by atoms with E-state index in [4.69, 9.17) is 5.11 Å². The van der Waals surface area contributed by atoms with Crippen molar-refractivity contribution < 1.29 is 19.5 Å². The van der Waals surface area contributed by atoms with Crippen molar-refractivity contribution in [1.29, 1.82) is 0 Å². The van der Waals surface area contributed by atoms with E-state index in [1.54, 1.807) is 0 Å². The predicted octanol–water partition coefficient (Wildman–Crippen LogP) is 11.7. The fourth-order valence-corrected chi connectivity index (χ4v) is 6.22. The Hall–Kier alpha value is -1.55. The predicted molar refractivity (Wildman–Crippen MR) is 186 cm³/mol. The molecule has 1 N–H and O–H groups in total. The third-order valence-electron chi connectivity index (χ3n) is 9.06. The second-order valence-electron chi connectivity index (χ2n) is 13.1. The molecule has 0 heterocycles. The van der Waals surface area contributed by atoms with E-state index in [0.717, 1.165) is 0 Å². The lowest BCUT2D eigenvalue weighted by Crippen LogP contribution is -2.50. The van der Waals surface area contributed by atoms with Gasteiger partial charge in [0.15, 0.2) is 0 Å².